The molecule has 0 saturated heterocycles. The summed E-state index contributed by atoms with van der Waals surface area (Å²) in [5, 5.41) is 9.04. The van der Waals surface area contributed by atoms with E-state index < -0.39 is 18.7 Å². The maximum atomic E-state index is 12.2. The summed E-state index contributed by atoms with van der Waals surface area (Å²) < 4.78 is 36.7. The van der Waals surface area contributed by atoms with E-state index in [0.717, 1.165) is 16.2 Å². The number of aromatic carboxylic acids is 1. The summed E-state index contributed by atoms with van der Waals surface area (Å²) in [5.74, 6) is -1.32. The first-order valence-corrected chi connectivity index (χ1v) is 5.95. The highest BCUT2D eigenvalue weighted by molar-refractivity contribution is 7.17. The molecule has 0 unspecified atom stereocenters. The lowest BCUT2D eigenvalue weighted by molar-refractivity contribution is -0.119. The molecule has 0 fully saturated rings. The fourth-order valence-corrected chi connectivity index (χ4v) is 2.38. The van der Waals surface area contributed by atoms with Crippen LogP contribution in [-0.2, 0) is 0 Å². The molecule has 0 aliphatic rings. The fraction of sp³-hybridized carbons (Fsp3) is 0.600. The van der Waals surface area contributed by atoms with Crippen LogP contribution in [0.15, 0.2) is 0 Å². The highest BCUT2D eigenvalue weighted by atomic mass is 32.1. The number of hydrogen-bond acceptors (Lipinski definition) is 4. The number of carbonyl (C=O) groups is 1. The second-order valence-corrected chi connectivity index (χ2v) is 5.12. The Labute approximate surface area is 106 Å². The Balaban J connectivity index is 3.04. The van der Waals surface area contributed by atoms with Crippen molar-refractivity contribution in [2.45, 2.75) is 25.9 Å². The lowest BCUT2D eigenvalue weighted by atomic mass is 10.1. The Bertz CT molecular complexity index is 443. The van der Waals surface area contributed by atoms with Gasteiger partial charge in [0.15, 0.2) is 5.13 Å². The van der Waals surface area contributed by atoms with Crippen molar-refractivity contribution >= 4 is 22.4 Å². The van der Waals surface area contributed by atoms with E-state index in [2.05, 4.69) is 4.98 Å². The minimum atomic E-state index is -4.35. The second-order valence-electron chi connectivity index (χ2n) is 4.14. The van der Waals surface area contributed by atoms with Crippen molar-refractivity contribution in [1.29, 1.82) is 0 Å². The minimum Gasteiger partial charge on any atom is -0.477 e. The molecule has 0 spiro atoms. The SMILES string of the molecule is CC(C)c1nc(N(C)CC(F)(F)F)sc1C(=O)O. The van der Waals surface area contributed by atoms with Crippen LogP contribution in [0.1, 0.15) is 35.1 Å². The van der Waals surface area contributed by atoms with Crippen molar-refractivity contribution in [3.05, 3.63) is 10.6 Å². The van der Waals surface area contributed by atoms with Crippen LogP contribution in [-0.4, -0.2) is 35.8 Å². The van der Waals surface area contributed by atoms with Crippen molar-refractivity contribution in [3.8, 4) is 0 Å². The lowest BCUT2D eigenvalue weighted by Gasteiger charge is -2.17. The molecule has 0 bridgehead atoms. The zero-order valence-electron chi connectivity index (χ0n) is 10.1. The van der Waals surface area contributed by atoms with E-state index in [1.54, 1.807) is 13.8 Å². The molecular formula is C10H13F3N2O2S. The first kappa shape index (κ1) is 14.7. The zero-order chi connectivity index (χ0) is 14.1. The number of rotatable bonds is 4. The molecule has 18 heavy (non-hydrogen) atoms. The van der Waals surface area contributed by atoms with E-state index in [-0.39, 0.29) is 15.9 Å². The number of alkyl halides is 3. The van der Waals surface area contributed by atoms with Gasteiger partial charge in [0, 0.05) is 7.05 Å². The molecule has 1 aromatic heterocycles. The van der Waals surface area contributed by atoms with E-state index in [1.807, 2.05) is 0 Å². The third-order valence-corrected chi connectivity index (χ3v) is 3.30. The molecule has 0 atom stereocenters. The molecule has 0 aliphatic carbocycles. The Morgan fingerprint density at radius 1 is 1.50 bits per heavy atom. The predicted molar refractivity (Wildman–Crippen MR) is 62.5 cm³/mol. The van der Waals surface area contributed by atoms with Gasteiger partial charge in [-0.2, -0.15) is 13.2 Å². The number of carboxylic acids is 1. The Morgan fingerprint density at radius 2 is 2.06 bits per heavy atom. The first-order chi connectivity index (χ1) is 8.11. The van der Waals surface area contributed by atoms with E-state index in [1.165, 1.54) is 7.05 Å². The van der Waals surface area contributed by atoms with E-state index >= 15 is 0 Å². The van der Waals surface area contributed by atoms with Gasteiger partial charge >= 0.3 is 12.1 Å². The van der Waals surface area contributed by atoms with Crippen LogP contribution in [0.25, 0.3) is 0 Å². The van der Waals surface area contributed by atoms with Crippen LogP contribution in [0.3, 0.4) is 0 Å². The van der Waals surface area contributed by atoms with Crippen molar-refractivity contribution in [3.63, 3.8) is 0 Å². The van der Waals surface area contributed by atoms with Gasteiger partial charge < -0.3 is 10.0 Å². The maximum absolute atomic E-state index is 12.2. The molecule has 1 heterocycles. The van der Waals surface area contributed by atoms with Crippen LogP contribution in [0, 0.1) is 0 Å². The van der Waals surface area contributed by atoms with Crippen molar-refractivity contribution in [2.75, 3.05) is 18.5 Å². The number of hydrogen-bond donors (Lipinski definition) is 1. The van der Waals surface area contributed by atoms with Gasteiger partial charge in [0.1, 0.15) is 11.4 Å². The Kier molecular flexibility index (Phi) is 4.20. The zero-order valence-corrected chi connectivity index (χ0v) is 10.9. The molecule has 1 aromatic rings. The van der Waals surface area contributed by atoms with E-state index in [4.69, 9.17) is 5.11 Å². The molecular weight excluding hydrogens is 269 g/mol. The molecule has 0 radical (unpaired) electrons. The maximum Gasteiger partial charge on any atom is 0.405 e. The largest absolute Gasteiger partial charge is 0.477 e. The summed E-state index contributed by atoms with van der Waals surface area (Å²) in [6.07, 6.45) is -4.35. The fourth-order valence-electron chi connectivity index (χ4n) is 1.36. The highest BCUT2D eigenvalue weighted by Gasteiger charge is 2.31. The summed E-state index contributed by atoms with van der Waals surface area (Å²) in [6, 6.07) is 0. The van der Waals surface area contributed by atoms with Crippen LogP contribution < -0.4 is 4.90 Å². The molecule has 0 aliphatic heterocycles. The minimum absolute atomic E-state index is 0.00553. The Hall–Kier alpha value is -1.31. The Morgan fingerprint density at radius 3 is 2.39 bits per heavy atom. The monoisotopic (exact) mass is 282 g/mol. The summed E-state index contributed by atoms with van der Waals surface area (Å²) >= 11 is 0.760. The summed E-state index contributed by atoms with van der Waals surface area (Å²) in [5.41, 5.74) is 0.316. The molecule has 0 aromatic carbocycles. The molecule has 1 N–H and O–H groups in total. The van der Waals surface area contributed by atoms with E-state index in [0.29, 0.717) is 5.69 Å². The average molecular weight is 282 g/mol. The molecule has 1 rings (SSSR count). The number of anilines is 1. The standard InChI is InChI=1S/C10H13F3N2O2S/c1-5(2)6-7(8(16)17)18-9(14-6)15(3)4-10(11,12)13/h5H,4H2,1-3H3,(H,16,17). The smallest absolute Gasteiger partial charge is 0.405 e. The van der Waals surface area contributed by atoms with Crippen molar-refractivity contribution in [1.82, 2.24) is 4.98 Å². The third kappa shape index (κ3) is 3.59. The van der Waals surface area contributed by atoms with Gasteiger partial charge in [-0.15, -0.1) is 0 Å². The quantitative estimate of drug-likeness (QED) is 0.922. The predicted octanol–water partition coefficient (Wildman–Crippen LogP) is 2.96. The van der Waals surface area contributed by atoms with Gasteiger partial charge in [-0.25, -0.2) is 9.78 Å². The molecule has 102 valence electrons. The van der Waals surface area contributed by atoms with Gasteiger partial charge in [-0.05, 0) is 5.92 Å². The van der Waals surface area contributed by atoms with Gasteiger partial charge in [-0.3, -0.25) is 0 Å². The molecule has 8 heteroatoms. The summed E-state index contributed by atoms with van der Waals surface area (Å²) in [4.78, 5) is 15.9. The molecule has 0 saturated carbocycles. The average Bonchev–Trinajstić information content (AvgIpc) is 2.58. The number of thiazole rings is 1. The molecule has 0 amide bonds. The van der Waals surface area contributed by atoms with Crippen molar-refractivity contribution < 1.29 is 23.1 Å². The number of halogens is 3. The van der Waals surface area contributed by atoms with Crippen LogP contribution in [0.4, 0.5) is 18.3 Å². The van der Waals surface area contributed by atoms with Gasteiger partial charge in [0.25, 0.3) is 0 Å². The normalized spacial score (nSPS) is 11.9. The van der Waals surface area contributed by atoms with Gasteiger partial charge in [0.2, 0.25) is 0 Å². The second kappa shape index (κ2) is 5.13. The number of aromatic nitrogens is 1. The van der Waals surface area contributed by atoms with Crippen molar-refractivity contribution in [2.24, 2.45) is 0 Å². The van der Waals surface area contributed by atoms with Crippen LogP contribution in [0.5, 0.6) is 0 Å². The first-order valence-electron chi connectivity index (χ1n) is 5.13. The third-order valence-electron chi connectivity index (χ3n) is 2.13. The van der Waals surface area contributed by atoms with Crippen LogP contribution in [0.2, 0.25) is 0 Å². The number of carboxylic acid groups (broad SMARTS) is 1. The number of nitrogens with zero attached hydrogens (tertiary/aromatic N) is 2. The topological polar surface area (TPSA) is 53.4 Å². The summed E-state index contributed by atoms with van der Waals surface area (Å²) in [6.45, 7) is 2.33. The lowest BCUT2D eigenvalue weighted by Crippen LogP contribution is -2.30. The van der Waals surface area contributed by atoms with E-state index in [9.17, 15) is 18.0 Å². The summed E-state index contributed by atoms with van der Waals surface area (Å²) in [7, 11) is 1.24. The van der Waals surface area contributed by atoms with Crippen LogP contribution >= 0.6 is 11.3 Å². The van der Waals surface area contributed by atoms with Gasteiger partial charge in [0.05, 0.1) is 5.69 Å². The molecule has 4 nitrogen and oxygen atoms in total. The highest BCUT2D eigenvalue weighted by Crippen LogP contribution is 2.31. The van der Waals surface area contributed by atoms with Gasteiger partial charge in [-0.1, -0.05) is 25.2 Å².